The number of nitrogens with one attached hydrogen (secondary N) is 1. The normalized spacial score (nSPS) is 18.6. The van der Waals surface area contributed by atoms with E-state index < -0.39 is 0 Å². The molecule has 2 heterocycles. The van der Waals surface area contributed by atoms with Crippen molar-refractivity contribution in [3.63, 3.8) is 0 Å². The van der Waals surface area contributed by atoms with Crippen LogP contribution in [0.25, 0.3) is 11.4 Å². The Kier molecular flexibility index (Phi) is 3.11. The molecule has 0 saturated carbocycles. The van der Waals surface area contributed by atoms with E-state index in [2.05, 4.69) is 65.1 Å². The van der Waals surface area contributed by atoms with Crippen molar-refractivity contribution in [2.45, 2.75) is 33.4 Å². The van der Waals surface area contributed by atoms with Gasteiger partial charge in [-0.2, -0.15) is 0 Å². The third kappa shape index (κ3) is 2.16. The molecule has 2 aromatic rings. The van der Waals surface area contributed by atoms with Crippen LogP contribution in [0.5, 0.6) is 0 Å². The molecule has 1 aliphatic heterocycles. The predicted octanol–water partition coefficient (Wildman–Crippen LogP) is 2.55. The van der Waals surface area contributed by atoms with Gasteiger partial charge in [-0.15, -0.1) is 10.2 Å². The summed E-state index contributed by atoms with van der Waals surface area (Å²) in [5.41, 5.74) is 2.41. The largest absolute Gasteiger partial charge is 0.308 e. The minimum absolute atomic E-state index is 0.306. The van der Waals surface area contributed by atoms with Crippen LogP contribution in [0.1, 0.15) is 31.3 Å². The molecule has 0 bridgehead atoms. The van der Waals surface area contributed by atoms with Gasteiger partial charge in [-0.3, -0.25) is 0 Å². The average Bonchev–Trinajstić information content (AvgIpc) is 2.83. The molecule has 4 heteroatoms. The van der Waals surface area contributed by atoms with Gasteiger partial charge in [0.25, 0.3) is 0 Å². The summed E-state index contributed by atoms with van der Waals surface area (Å²) in [6, 6.07) is 8.80. The topological polar surface area (TPSA) is 42.7 Å². The Morgan fingerprint density at radius 1 is 1.21 bits per heavy atom. The number of benzene rings is 1. The molecule has 1 N–H and O–H groups in total. The lowest BCUT2D eigenvalue weighted by molar-refractivity contribution is 0.339. The van der Waals surface area contributed by atoms with E-state index in [0.29, 0.717) is 12.0 Å². The van der Waals surface area contributed by atoms with Crippen molar-refractivity contribution in [3.8, 4) is 11.4 Å². The third-order valence-corrected chi connectivity index (χ3v) is 3.73. The van der Waals surface area contributed by atoms with Crippen LogP contribution in [0.15, 0.2) is 24.3 Å². The molecule has 1 atom stereocenters. The summed E-state index contributed by atoms with van der Waals surface area (Å²) in [4.78, 5) is 0. The van der Waals surface area contributed by atoms with Gasteiger partial charge in [-0.25, -0.2) is 0 Å². The first-order chi connectivity index (χ1) is 9.16. The zero-order chi connectivity index (χ0) is 13.4. The molecule has 1 unspecified atom stereocenters. The van der Waals surface area contributed by atoms with Crippen LogP contribution in [0.4, 0.5) is 0 Å². The fraction of sp³-hybridized carbons (Fsp3) is 0.467. The van der Waals surface area contributed by atoms with Crippen LogP contribution in [0.3, 0.4) is 0 Å². The van der Waals surface area contributed by atoms with Crippen molar-refractivity contribution in [1.29, 1.82) is 0 Å². The Morgan fingerprint density at radius 3 is 2.63 bits per heavy atom. The smallest absolute Gasteiger partial charge is 0.164 e. The Balaban J connectivity index is 2.03. The van der Waals surface area contributed by atoms with Crippen molar-refractivity contribution < 1.29 is 0 Å². The van der Waals surface area contributed by atoms with Gasteiger partial charge in [0.1, 0.15) is 0 Å². The summed E-state index contributed by atoms with van der Waals surface area (Å²) in [7, 11) is 0. The zero-order valence-electron chi connectivity index (χ0n) is 11.7. The van der Waals surface area contributed by atoms with E-state index in [1.54, 1.807) is 0 Å². The Bertz CT molecular complexity index is 568. The van der Waals surface area contributed by atoms with Crippen molar-refractivity contribution in [3.05, 3.63) is 35.7 Å². The van der Waals surface area contributed by atoms with Gasteiger partial charge in [-0.05, 0) is 12.8 Å². The molecule has 0 spiro atoms. The summed E-state index contributed by atoms with van der Waals surface area (Å²) in [6.45, 7) is 8.45. The molecular formula is C15H20N4. The number of fused-ring (bicyclic) bond motifs is 1. The number of aryl methyl sites for hydroxylation is 1. The standard InChI is InChI=1S/C15H20N4/c1-10(2)13-15-18-17-14(19(15)9-8-16-13)12-6-4-11(3)5-7-12/h4-7,10,13,16H,8-9H2,1-3H3. The van der Waals surface area contributed by atoms with Crippen molar-refractivity contribution in [2.24, 2.45) is 5.92 Å². The molecule has 19 heavy (non-hydrogen) atoms. The number of hydrogen-bond acceptors (Lipinski definition) is 3. The van der Waals surface area contributed by atoms with Gasteiger partial charge < -0.3 is 9.88 Å². The second-order valence-corrected chi connectivity index (χ2v) is 5.58. The lowest BCUT2D eigenvalue weighted by atomic mass is 10.0. The second-order valence-electron chi connectivity index (χ2n) is 5.58. The van der Waals surface area contributed by atoms with E-state index in [1.165, 1.54) is 5.56 Å². The molecule has 0 fully saturated rings. The summed E-state index contributed by atoms with van der Waals surface area (Å²) in [6.07, 6.45) is 0. The first kappa shape index (κ1) is 12.4. The molecule has 0 saturated heterocycles. The van der Waals surface area contributed by atoms with Crippen LogP contribution < -0.4 is 5.32 Å². The lowest BCUT2D eigenvalue weighted by Gasteiger charge is -2.27. The number of aromatic nitrogens is 3. The highest BCUT2D eigenvalue weighted by molar-refractivity contribution is 5.56. The maximum absolute atomic E-state index is 4.41. The predicted molar refractivity (Wildman–Crippen MR) is 75.8 cm³/mol. The maximum Gasteiger partial charge on any atom is 0.164 e. The SMILES string of the molecule is Cc1ccc(-c2nnc3n2CCNC3C(C)C)cc1. The molecule has 3 rings (SSSR count). The monoisotopic (exact) mass is 256 g/mol. The van der Waals surface area contributed by atoms with Gasteiger partial charge in [0.2, 0.25) is 0 Å². The number of rotatable bonds is 2. The Hall–Kier alpha value is -1.68. The van der Waals surface area contributed by atoms with E-state index in [0.717, 1.165) is 30.3 Å². The lowest BCUT2D eigenvalue weighted by Crippen LogP contribution is -2.36. The van der Waals surface area contributed by atoms with Gasteiger partial charge in [0.05, 0.1) is 6.04 Å². The van der Waals surface area contributed by atoms with Crippen LogP contribution >= 0.6 is 0 Å². The molecule has 1 aromatic carbocycles. The van der Waals surface area contributed by atoms with Crippen LogP contribution in [-0.4, -0.2) is 21.3 Å². The molecule has 0 radical (unpaired) electrons. The zero-order valence-corrected chi connectivity index (χ0v) is 11.7. The summed E-state index contributed by atoms with van der Waals surface area (Å²) in [5.74, 6) is 2.58. The first-order valence-electron chi connectivity index (χ1n) is 6.90. The summed E-state index contributed by atoms with van der Waals surface area (Å²) in [5, 5.41) is 12.3. The fourth-order valence-corrected chi connectivity index (χ4v) is 2.64. The van der Waals surface area contributed by atoms with Crippen LogP contribution in [-0.2, 0) is 6.54 Å². The highest BCUT2D eigenvalue weighted by Gasteiger charge is 2.27. The highest BCUT2D eigenvalue weighted by atomic mass is 15.3. The van der Waals surface area contributed by atoms with Gasteiger partial charge in [-0.1, -0.05) is 43.7 Å². The second kappa shape index (κ2) is 4.78. The molecule has 100 valence electrons. The Morgan fingerprint density at radius 2 is 1.95 bits per heavy atom. The molecule has 1 aromatic heterocycles. The van der Waals surface area contributed by atoms with Crippen molar-refractivity contribution in [1.82, 2.24) is 20.1 Å². The minimum Gasteiger partial charge on any atom is -0.308 e. The average molecular weight is 256 g/mol. The van der Waals surface area contributed by atoms with Gasteiger partial charge >= 0.3 is 0 Å². The summed E-state index contributed by atoms with van der Waals surface area (Å²) < 4.78 is 2.26. The Labute approximate surface area is 113 Å². The maximum atomic E-state index is 4.41. The van der Waals surface area contributed by atoms with Crippen LogP contribution in [0.2, 0.25) is 0 Å². The summed E-state index contributed by atoms with van der Waals surface area (Å²) >= 11 is 0. The van der Waals surface area contributed by atoms with E-state index >= 15 is 0 Å². The van der Waals surface area contributed by atoms with E-state index in [4.69, 9.17) is 0 Å². The fourth-order valence-electron chi connectivity index (χ4n) is 2.64. The first-order valence-corrected chi connectivity index (χ1v) is 6.90. The van der Waals surface area contributed by atoms with Gasteiger partial charge in [0, 0.05) is 18.7 Å². The third-order valence-electron chi connectivity index (χ3n) is 3.73. The molecule has 0 aliphatic carbocycles. The molecule has 0 amide bonds. The number of nitrogens with zero attached hydrogens (tertiary/aromatic N) is 3. The van der Waals surface area contributed by atoms with Gasteiger partial charge in [0.15, 0.2) is 11.6 Å². The number of hydrogen-bond donors (Lipinski definition) is 1. The van der Waals surface area contributed by atoms with E-state index in [-0.39, 0.29) is 0 Å². The molecular weight excluding hydrogens is 236 g/mol. The van der Waals surface area contributed by atoms with Crippen molar-refractivity contribution in [2.75, 3.05) is 6.54 Å². The quantitative estimate of drug-likeness (QED) is 0.898. The van der Waals surface area contributed by atoms with Crippen molar-refractivity contribution >= 4 is 0 Å². The molecule has 1 aliphatic rings. The molecule has 4 nitrogen and oxygen atoms in total. The van der Waals surface area contributed by atoms with E-state index in [9.17, 15) is 0 Å². The highest BCUT2D eigenvalue weighted by Crippen LogP contribution is 2.27. The minimum atomic E-state index is 0.306. The van der Waals surface area contributed by atoms with E-state index in [1.807, 2.05) is 0 Å². The van der Waals surface area contributed by atoms with Crippen LogP contribution in [0, 0.1) is 12.8 Å².